The van der Waals surface area contributed by atoms with Gasteiger partial charge in [0.25, 0.3) is 6.29 Å². The number of allylic oxidation sites excluding steroid dienone is 1. The van der Waals surface area contributed by atoms with Crippen LogP contribution < -0.4 is 21.4 Å². The van der Waals surface area contributed by atoms with Crippen LogP contribution in [0, 0.1) is 6.92 Å². The molecule has 31 heavy (non-hydrogen) atoms. The van der Waals surface area contributed by atoms with Crippen LogP contribution in [0.1, 0.15) is 19.4 Å². The summed E-state index contributed by atoms with van der Waals surface area (Å²) in [7, 11) is 1.33. The van der Waals surface area contributed by atoms with Crippen molar-refractivity contribution in [1.29, 1.82) is 0 Å². The number of hydrogen-bond donors (Lipinski definition) is 3. The normalized spacial score (nSPS) is 20.7. The van der Waals surface area contributed by atoms with E-state index in [0.717, 1.165) is 0 Å². The predicted molar refractivity (Wildman–Crippen MR) is 107 cm³/mol. The first-order valence-corrected chi connectivity index (χ1v) is 9.19. The molecular formula is C20H22N2O9. The molecular weight excluding hydrogens is 412 g/mol. The van der Waals surface area contributed by atoms with E-state index in [9.17, 15) is 19.5 Å². The van der Waals surface area contributed by atoms with Crippen LogP contribution in [0.4, 0.5) is 10.5 Å². The third-order valence-electron chi connectivity index (χ3n) is 4.61. The first kappa shape index (κ1) is 22.0. The first-order valence-electron chi connectivity index (χ1n) is 9.19. The van der Waals surface area contributed by atoms with Gasteiger partial charge in [0.2, 0.25) is 5.91 Å². The summed E-state index contributed by atoms with van der Waals surface area (Å²) >= 11 is 0. The number of ether oxygens (including phenoxy) is 4. The molecule has 0 saturated carbocycles. The van der Waals surface area contributed by atoms with Gasteiger partial charge in [-0.25, -0.2) is 9.59 Å². The minimum Gasteiger partial charge on any atom is -0.494 e. The predicted octanol–water partition coefficient (Wildman–Crippen LogP) is 1.50. The summed E-state index contributed by atoms with van der Waals surface area (Å²) in [6.07, 6.45) is -5.08. The molecule has 0 aliphatic carbocycles. The fourth-order valence-electron chi connectivity index (χ4n) is 3.24. The fourth-order valence-corrected chi connectivity index (χ4v) is 3.24. The lowest BCUT2D eigenvalue weighted by atomic mass is 10.1. The van der Waals surface area contributed by atoms with Crippen molar-refractivity contribution in [3.63, 3.8) is 0 Å². The molecule has 1 aromatic carbocycles. The van der Waals surface area contributed by atoms with E-state index < -0.39 is 36.1 Å². The van der Waals surface area contributed by atoms with Gasteiger partial charge < -0.3 is 39.5 Å². The highest BCUT2D eigenvalue weighted by atomic mass is 16.7. The lowest BCUT2D eigenvalue weighted by molar-refractivity contribution is -0.174. The lowest BCUT2D eigenvalue weighted by Crippen LogP contribution is -2.49. The van der Waals surface area contributed by atoms with Gasteiger partial charge in [-0.2, -0.15) is 0 Å². The quantitative estimate of drug-likeness (QED) is 0.593. The number of aliphatic hydroxyl groups excluding tert-OH is 1. The minimum atomic E-state index is -1.46. The molecule has 2 amide bonds. The van der Waals surface area contributed by atoms with E-state index in [1.807, 2.05) is 0 Å². The third-order valence-corrected chi connectivity index (χ3v) is 4.61. The topological polar surface area (TPSA) is 160 Å². The van der Waals surface area contributed by atoms with Crippen LogP contribution in [0.2, 0.25) is 0 Å². The number of methoxy groups -OCH3 is 1. The maximum absolute atomic E-state index is 12.2. The summed E-state index contributed by atoms with van der Waals surface area (Å²) in [5, 5.41) is 13.6. The highest BCUT2D eigenvalue weighted by molar-refractivity contribution is 5.91. The first-order chi connectivity index (χ1) is 14.6. The summed E-state index contributed by atoms with van der Waals surface area (Å²) < 4.78 is 26.8. The second-order valence-electron chi connectivity index (χ2n) is 6.81. The van der Waals surface area contributed by atoms with Crippen LogP contribution in [-0.2, 0) is 19.0 Å². The van der Waals surface area contributed by atoms with Crippen molar-refractivity contribution in [2.75, 3.05) is 12.4 Å². The van der Waals surface area contributed by atoms with Crippen LogP contribution >= 0.6 is 0 Å². The summed E-state index contributed by atoms with van der Waals surface area (Å²) in [5.74, 6) is 0.170. The van der Waals surface area contributed by atoms with Crippen molar-refractivity contribution in [2.45, 2.75) is 39.3 Å². The number of fused-ring (bicyclic) bond motifs is 1. The van der Waals surface area contributed by atoms with Gasteiger partial charge in [-0.3, -0.25) is 4.79 Å². The molecule has 11 nitrogen and oxygen atoms in total. The highest BCUT2D eigenvalue weighted by Crippen LogP contribution is 2.33. The summed E-state index contributed by atoms with van der Waals surface area (Å²) in [6.45, 7) is 4.48. The molecule has 0 radical (unpaired) electrons. The molecule has 166 valence electrons. The Morgan fingerprint density at radius 3 is 2.58 bits per heavy atom. The molecule has 0 saturated heterocycles. The number of benzene rings is 1. The van der Waals surface area contributed by atoms with Gasteiger partial charge in [0.15, 0.2) is 18.0 Å². The molecule has 1 aliphatic rings. The largest absolute Gasteiger partial charge is 0.494 e. The van der Waals surface area contributed by atoms with Crippen molar-refractivity contribution in [1.82, 2.24) is 0 Å². The molecule has 0 spiro atoms. The number of nitrogens with two attached hydrogens (primary N) is 1. The van der Waals surface area contributed by atoms with E-state index in [-0.39, 0.29) is 28.5 Å². The second-order valence-corrected chi connectivity index (χ2v) is 6.81. The summed E-state index contributed by atoms with van der Waals surface area (Å²) in [6, 6.07) is 4.68. The Kier molecular flexibility index (Phi) is 6.07. The molecule has 0 fully saturated rings. The molecule has 2 aromatic rings. The van der Waals surface area contributed by atoms with Crippen molar-refractivity contribution < 1.29 is 38.1 Å². The molecule has 2 heterocycles. The average molecular weight is 434 g/mol. The number of carbonyl (C=O) groups is 2. The van der Waals surface area contributed by atoms with Crippen molar-refractivity contribution in [3.8, 4) is 5.75 Å². The van der Waals surface area contributed by atoms with Crippen molar-refractivity contribution >= 4 is 28.7 Å². The molecule has 3 rings (SSSR count). The average Bonchev–Trinajstić information content (AvgIpc) is 2.68. The van der Waals surface area contributed by atoms with Crippen LogP contribution in [0.3, 0.4) is 0 Å². The molecule has 3 atom stereocenters. The monoisotopic (exact) mass is 434 g/mol. The van der Waals surface area contributed by atoms with Crippen LogP contribution in [0.5, 0.6) is 5.75 Å². The number of aryl methyl sites for hydroxylation is 1. The van der Waals surface area contributed by atoms with Crippen LogP contribution in [0.15, 0.2) is 38.9 Å². The molecule has 1 aliphatic heterocycles. The zero-order chi connectivity index (χ0) is 22.9. The van der Waals surface area contributed by atoms with Gasteiger partial charge in [-0.1, -0.05) is 0 Å². The number of nitrogens with one attached hydrogen (secondary N) is 1. The smallest absolute Gasteiger partial charge is 0.405 e. The van der Waals surface area contributed by atoms with Crippen molar-refractivity contribution in [2.24, 2.45) is 5.73 Å². The van der Waals surface area contributed by atoms with Gasteiger partial charge >= 0.3 is 11.7 Å². The Morgan fingerprint density at radius 1 is 1.26 bits per heavy atom. The van der Waals surface area contributed by atoms with E-state index in [1.54, 1.807) is 26.0 Å². The minimum absolute atomic E-state index is 0.0124. The van der Waals surface area contributed by atoms with Crippen LogP contribution in [-0.4, -0.2) is 42.7 Å². The lowest BCUT2D eigenvalue weighted by Gasteiger charge is -2.35. The second kappa shape index (κ2) is 8.56. The number of aliphatic hydroxyl groups is 1. The van der Waals surface area contributed by atoms with Gasteiger partial charge in [0.1, 0.15) is 22.8 Å². The zero-order valence-electron chi connectivity index (χ0n) is 17.3. The highest BCUT2D eigenvalue weighted by Gasteiger charge is 2.43. The number of amides is 2. The molecule has 4 N–H and O–H groups in total. The Labute approximate surface area is 176 Å². The van der Waals surface area contributed by atoms with Crippen molar-refractivity contribution in [3.05, 3.63) is 45.7 Å². The number of primary amides is 1. The number of carbonyl (C=O) groups excluding carboxylic acids is 2. The third kappa shape index (κ3) is 4.40. The van der Waals surface area contributed by atoms with E-state index >= 15 is 0 Å². The maximum atomic E-state index is 12.2. The van der Waals surface area contributed by atoms with Crippen LogP contribution in [0.25, 0.3) is 11.0 Å². The Balaban J connectivity index is 1.95. The van der Waals surface area contributed by atoms with Gasteiger partial charge in [-0.05, 0) is 32.0 Å². The number of rotatable bonds is 5. The Bertz CT molecular complexity index is 1120. The fraction of sp³-hybridized carbons (Fsp3) is 0.350. The zero-order valence-corrected chi connectivity index (χ0v) is 17.3. The van der Waals surface area contributed by atoms with E-state index in [1.165, 1.54) is 20.1 Å². The Morgan fingerprint density at radius 2 is 1.97 bits per heavy atom. The number of anilines is 1. The molecule has 11 heteroatoms. The van der Waals surface area contributed by atoms with E-state index in [4.69, 9.17) is 29.1 Å². The van der Waals surface area contributed by atoms with Gasteiger partial charge in [0, 0.05) is 17.9 Å². The van der Waals surface area contributed by atoms with E-state index in [2.05, 4.69) is 5.32 Å². The molecule has 1 aromatic heterocycles. The summed E-state index contributed by atoms with van der Waals surface area (Å²) in [4.78, 5) is 34.6. The van der Waals surface area contributed by atoms with Gasteiger partial charge in [-0.15, -0.1) is 0 Å². The molecule has 1 unspecified atom stereocenters. The standard InChI is InChI=1S/C20H22N2O9/c1-8-13(6-5-11-7-12(22-10(3)23)18(25)30-15(8)11)29-19-14(24)17(31-20(21)26)16(27-4)9(2)28-19/h5-7,14,17,19,24H,1-4H3,(H2,21,26)(H,22,23)/t14-,17+,19?/m0/s1. The SMILES string of the molecule is COC1=C(C)OC(Oc2ccc3cc(NC(C)=O)c(=O)oc3c2C)[C@@H](O)[C@H]1OC(N)=O. The number of hydrogen-bond acceptors (Lipinski definition) is 9. The summed E-state index contributed by atoms with van der Waals surface area (Å²) in [5.41, 5.74) is 5.06. The van der Waals surface area contributed by atoms with E-state index in [0.29, 0.717) is 10.9 Å². The Hall–Kier alpha value is -3.73. The maximum Gasteiger partial charge on any atom is 0.405 e. The molecule has 0 bridgehead atoms. The van der Waals surface area contributed by atoms with Gasteiger partial charge in [0.05, 0.1) is 7.11 Å².